The molecule has 0 radical (unpaired) electrons. The molecule has 1 aromatic carbocycles. The maximum atomic E-state index is 10.3. The molecule has 0 aliphatic carbocycles. The summed E-state index contributed by atoms with van der Waals surface area (Å²) in [5.74, 6) is 0. The third-order valence-corrected chi connectivity index (χ3v) is 1.97. The first kappa shape index (κ1) is 9.45. The first-order chi connectivity index (χ1) is 6.15. The highest BCUT2D eigenvalue weighted by Gasteiger charge is 2.03. The Balaban J connectivity index is 3.00. The lowest BCUT2D eigenvalue weighted by Crippen LogP contribution is -1.87. The summed E-state index contributed by atoms with van der Waals surface area (Å²) in [6.45, 7) is 3.91. The average Bonchev–Trinajstić information content (AvgIpc) is 2.17. The molecule has 3 nitrogen and oxygen atoms in total. The van der Waals surface area contributed by atoms with Crippen LogP contribution in [0.1, 0.15) is 19.4 Å². The molecule has 0 bridgehead atoms. The Labute approximate surface area is 76.9 Å². The fourth-order valence-electron chi connectivity index (χ4n) is 1.01. The first-order valence-electron chi connectivity index (χ1n) is 4.03. The fraction of sp³-hybridized carbons (Fsp3) is 0.200. The van der Waals surface area contributed by atoms with Crippen LogP contribution in [0.3, 0.4) is 0 Å². The van der Waals surface area contributed by atoms with E-state index in [1.54, 1.807) is 12.1 Å². The van der Waals surface area contributed by atoms with Crippen LogP contribution in [0.4, 0.5) is 5.69 Å². The quantitative estimate of drug-likeness (QED) is 0.514. The number of nitro benzene ring substituents is 1. The van der Waals surface area contributed by atoms with Gasteiger partial charge in [-0.2, -0.15) is 0 Å². The Morgan fingerprint density at radius 2 is 1.92 bits per heavy atom. The molecule has 0 fully saturated rings. The van der Waals surface area contributed by atoms with E-state index in [2.05, 4.69) is 0 Å². The molecular weight excluding hydrogens is 166 g/mol. The van der Waals surface area contributed by atoms with Crippen molar-refractivity contribution in [2.24, 2.45) is 0 Å². The van der Waals surface area contributed by atoms with Crippen molar-refractivity contribution in [3.63, 3.8) is 0 Å². The van der Waals surface area contributed by atoms with Gasteiger partial charge in [0.25, 0.3) is 5.69 Å². The number of non-ortho nitro benzene ring substituents is 1. The van der Waals surface area contributed by atoms with E-state index in [0.717, 1.165) is 11.1 Å². The van der Waals surface area contributed by atoms with Gasteiger partial charge in [0.15, 0.2) is 0 Å². The predicted molar refractivity (Wildman–Crippen MR) is 52.4 cm³/mol. The van der Waals surface area contributed by atoms with Crippen molar-refractivity contribution in [1.29, 1.82) is 0 Å². The van der Waals surface area contributed by atoms with Crippen LogP contribution in [0, 0.1) is 10.1 Å². The molecule has 0 saturated heterocycles. The molecule has 0 aliphatic rings. The Bertz CT molecular complexity index is 338. The Morgan fingerprint density at radius 3 is 2.31 bits per heavy atom. The minimum absolute atomic E-state index is 0.132. The van der Waals surface area contributed by atoms with Crippen LogP contribution in [-0.2, 0) is 0 Å². The number of rotatable bonds is 2. The second-order valence-corrected chi connectivity index (χ2v) is 2.78. The van der Waals surface area contributed by atoms with Crippen molar-refractivity contribution in [1.82, 2.24) is 0 Å². The van der Waals surface area contributed by atoms with E-state index >= 15 is 0 Å². The summed E-state index contributed by atoms with van der Waals surface area (Å²) < 4.78 is 0. The second kappa shape index (κ2) is 3.85. The van der Waals surface area contributed by atoms with Crippen LogP contribution < -0.4 is 0 Å². The van der Waals surface area contributed by atoms with Crippen molar-refractivity contribution in [3.05, 3.63) is 46.0 Å². The Kier molecular flexibility index (Phi) is 2.80. The third-order valence-electron chi connectivity index (χ3n) is 1.97. The minimum Gasteiger partial charge on any atom is -0.258 e. The van der Waals surface area contributed by atoms with Crippen LogP contribution >= 0.6 is 0 Å². The number of hydrogen-bond acceptors (Lipinski definition) is 2. The van der Waals surface area contributed by atoms with Crippen LogP contribution in [0.15, 0.2) is 30.3 Å². The molecule has 0 amide bonds. The topological polar surface area (TPSA) is 43.1 Å². The van der Waals surface area contributed by atoms with Crippen LogP contribution in [-0.4, -0.2) is 4.92 Å². The third kappa shape index (κ3) is 2.15. The highest BCUT2D eigenvalue weighted by atomic mass is 16.6. The first-order valence-corrected chi connectivity index (χ1v) is 4.03. The number of benzene rings is 1. The average molecular weight is 177 g/mol. The lowest BCUT2D eigenvalue weighted by molar-refractivity contribution is -0.384. The molecule has 1 aromatic rings. The van der Waals surface area contributed by atoms with Gasteiger partial charge in [-0.25, -0.2) is 0 Å². The molecule has 0 unspecified atom stereocenters. The van der Waals surface area contributed by atoms with Gasteiger partial charge >= 0.3 is 0 Å². The predicted octanol–water partition coefficient (Wildman–Crippen LogP) is 3.02. The zero-order valence-corrected chi connectivity index (χ0v) is 7.65. The molecular formula is C10H11NO2. The molecule has 0 N–H and O–H groups in total. The highest BCUT2D eigenvalue weighted by molar-refractivity contribution is 5.64. The molecule has 0 heterocycles. The van der Waals surface area contributed by atoms with Crippen molar-refractivity contribution < 1.29 is 4.92 Å². The number of nitro groups is 1. The highest BCUT2D eigenvalue weighted by Crippen LogP contribution is 2.17. The number of hydrogen-bond donors (Lipinski definition) is 0. The summed E-state index contributed by atoms with van der Waals surface area (Å²) in [5.41, 5.74) is 2.27. The number of allylic oxidation sites excluding steroid dienone is 2. The fourth-order valence-corrected chi connectivity index (χ4v) is 1.01. The van der Waals surface area contributed by atoms with Crippen LogP contribution in [0.25, 0.3) is 5.57 Å². The normalized spacial score (nSPS) is 11.4. The van der Waals surface area contributed by atoms with E-state index in [0.29, 0.717) is 0 Å². The van der Waals surface area contributed by atoms with Gasteiger partial charge < -0.3 is 0 Å². The van der Waals surface area contributed by atoms with Crippen LogP contribution in [0.2, 0.25) is 0 Å². The minimum atomic E-state index is -0.394. The van der Waals surface area contributed by atoms with E-state index in [9.17, 15) is 10.1 Å². The van der Waals surface area contributed by atoms with Gasteiger partial charge in [0, 0.05) is 12.1 Å². The Hall–Kier alpha value is -1.64. The van der Waals surface area contributed by atoms with Gasteiger partial charge in [0.2, 0.25) is 0 Å². The van der Waals surface area contributed by atoms with Crippen molar-refractivity contribution in [3.8, 4) is 0 Å². The summed E-state index contributed by atoms with van der Waals surface area (Å²) in [7, 11) is 0. The van der Waals surface area contributed by atoms with E-state index in [-0.39, 0.29) is 5.69 Å². The monoisotopic (exact) mass is 177 g/mol. The van der Waals surface area contributed by atoms with Gasteiger partial charge in [-0.1, -0.05) is 6.08 Å². The molecule has 0 aliphatic heterocycles. The maximum absolute atomic E-state index is 10.3. The van der Waals surface area contributed by atoms with E-state index in [1.165, 1.54) is 12.1 Å². The molecule has 3 heteroatoms. The maximum Gasteiger partial charge on any atom is 0.269 e. The number of nitrogens with zero attached hydrogens (tertiary/aromatic N) is 1. The lowest BCUT2D eigenvalue weighted by Gasteiger charge is -1.98. The molecule has 0 spiro atoms. The zero-order valence-electron chi connectivity index (χ0n) is 7.65. The van der Waals surface area contributed by atoms with Gasteiger partial charge in [0.05, 0.1) is 4.92 Å². The molecule has 68 valence electrons. The Morgan fingerprint density at radius 1 is 1.38 bits per heavy atom. The van der Waals surface area contributed by atoms with E-state index in [1.807, 2.05) is 19.9 Å². The van der Waals surface area contributed by atoms with Crippen molar-refractivity contribution in [2.45, 2.75) is 13.8 Å². The zero-order chi connectivity index (χ0) is 9.84. The molecule has 0 atom stereocenters. The molecule has 13 heavy (non-hydrogen) atoms. The molecule has 1 rings (SSSR count). The largest absolute Gasteiger partial charge is 0.269 e. The summed E-state index contributed by atoms with van der Waals surface area (Å²) in [6.07, 6.45) is 1.97. The van der Waals surface area contributed by atoms with Crippen LogP contribution in [0.5, 0.6) is 0 Å². The lowest BCUT2D eigenvalue weighted by atomic mass is 10.1. The second-order valence-electron chi connectivity index (χ2n) is 2.78. The summed E-state index contributed by atoms with van der Waals surface area (Å²) >= 11 is 0. The smallest absolute Gasteiger partial charge is 0.258 e. The van der Waals surface area contributed by atoms with Crippen molar-refractivity contribution >= 4 is 11.3 Å². The van der Waals surface area contributed by atoms with E-state index < -0.39 is 4.92 Å². The summed E-state index contributed by atoms with van der Waals surface area (Å²) in [4.78, 5) is 9.95. The van der Waals surface area contributed by atoms with Gasteiger partial charge in [-0.3, -0.25) is 10.1 Å². The molecule has 0 aromatic heterocycles. The SMILES string of the molecule is C/C=C(/C)c1ccc([N+](=O)[O-])cc1. The molecule has 0 saturated carbocycles. The van der Waals surface area contributed by atoms with Gasteiger partial charge in [-0.15, -0.1) is 0 Å². The standard InChI is InChI=1S/C10H11NO2/c1-3-8(2)9-4-6-10(7-5-9)11(12)13/h3-7H,1-2H3/b8-3-. The van der Waals surface area contributed by atoms with Crippen molar-refractivity contribution in [2.75, 3.05) is 0 Å². The van der Waals surface area contributed by atoms with Gasteiger partial charge in [-0.05, 0) is 37.1 Å². The van der Waals surface area contributed by atoms with Gasteiger partial charge in [0.1, 0.15) is 0 Å². The summed E-state index contributed by atoms with van der Waals surface area (Å²) in [5, 5.41) is 10.3. The summed E-state index contributed by atoms with van der Waals surface area (Å²) in [6, 6.07) is 6.55. The van der Waals surface area contributed by atoms with E-state index in [4.69, 9.17) is 0 Å².